The Kier molecular flexibility index (Phi) is 5.14. The maximum absolute atomic E-state index is 12.9. The number of fused-ring (bicyclic) bond motifs is 3. The molecular formula is C22H22N4O4. The van der Waals surface area contributed by atoms with Gasteiger partial charge in [-0.2, -0.15) is 0 Å². The third kappa shape index (κ3) is 3.59. The van der Waals surface area contributed by atoms with Crippen LogP contribution in [0.3, 0.4) is 0 Å². The standard InChI is InChI=1S/C22H22N4O4/c1-13-4-6-14(7-5-13)24-19(27)8-9-26-12-23-20-15-10-17(29-2)18(30-3)11-16(15)25-21(20)22(26)28/h4-7,10-12,25H,8-9H2,1-3H3,(H,24,27). The summed E-state index contributed by atoms with van der Waals surface area (Å²) in [6, 6.07) is 11.1. The van der Waals surface area contributed by atoms with Crippen LogP contribution in [-0.4, -0.2) is 34.7 Å². The van der Waals surface area contributed by atoms with E-state index in [2.05, 4.69) is 15.3 Å². The predicted octanol–water partition coefficient (Wildman–Crippen LogP) is 3.23. The van der Waals surface area contributed by atoms with Crippen molar-refractivity contribution < 1.29 is 14.3 Å². The van der Waals surface area contributed by atoms with E-state index >= 15 is 0 Å². The Hall–Kier alpha value is -3.81. The van der Waals surface area contributed by atoms with Crippen molar-refractivity contribution in [3.05, 3.63) is 58.6 Å². The fourth-order valence-electron chi connectivity index (χ4n) is 3.36. The minimum absolute atomic E-state index is 0.156. The number of nitrogens with one attached hydrogen (secondary N) is 2. The Balaban J connectivity index is 1.58. The molecule has 1 amide bonds. The van der Waals surface area contributed by atoms with Crippen molar-refractivity contribution in [2.24, 2.45) is 0 Å². The maximum Gasteiger partial charge on any atom is 0.277 e. The van der Waals surface area contributed by atoms with Crippen molar-refractivity contribution in [3.8, 4) is 11.5 Å². The summed E-state index contributed by atoms with van der Waals surface area (Å²) >= 11 is 0. The van der Waals surface area contributed by atoms with E-state index in [4.69, 9.17) is 9.47 Å². The summed E-state index contributed by atoms with van der Waals surface area (Å²) in [6.07, 6.45) is 1.62. The van der Waals surface area contributed by atoms with Gasteiger partial charge in [-0.05, 0) is 25.1 Å². The first-order valence-corrected chi connectivity index (χ1v) is 9.49. The zero-order valence-electron chi connectivity index (χ0n) is 17.0. The topological polar surface area (TPSA) is 98.2 Å². The van der Waals surface area contributed by atoms with Crippen LogP contribution in [0, 0.1) is 6.92 Å². The molecular weight excluding hydrogens is 384 g/mol. The molecule has 2 N–H and O–H groups in total. The van der Waals surface area contributed by atoms with Gasteiger partial charge in [0.05, 0.1) is 26.1 Å². The van der Waals surface area contributed by atoms with Crippen molar-refractivity contribution in [2.45, 2.75) is 19.9 Å². The average molecular weight is 406 g/mol. The number of hydrogen-bond donors (Lipinski definition) is 2. The summed E-state index contributed by atoms with van der Waals surface area (Å²) < 4.78 is 12.1. The molecule has 4 aromatic rings. The van der Waals surface area contributed by atoms with Crippen molar-refractivity contribution in [2.75, 3.05) is 19.5 Å². The molecule has 0 saturated heterocycles. The summed E-state index contributed by atoms with van der Waals surface area (Å²) in [5.41, 5.74) is 3.26. The third-order valence-corrected chi connectivity index (χ3v) is 4.99. The number of aromatic amines is 1. The number of methoxy groups -OCH3 is 2. The molecule has 8 heteroatoms. The monoisotopic (exact) mass is 406 g/mol. The van der Waals surface area contributed by atoms with E-state index in [1.54, 1.807) is 26.4 Å². The van der Waals surface area contributed by atoms with E-state index in [1.165, 1.54) is 10.9 Å². The Labute approximate surface area is 172 Å². The summed E-state index contributed by atoms with van der Waals surface area (Å²) in [6.45, 7) is 2.21. The van der Waals surface area contributed by atoms with E-state index in [-0.39, 0.29) is 24.4 Å². The quantitative estimate of drug-likeness (QED) is 0.512. The molecule has 2 heterocycles. The number of nitrogens with zero attached hydrogens (tertiary/aromatic N) is 2. The highest BCUT2D eigenvalue weighted by atomic mass is 16.5. The zero-order valence-corrected chi connectivity index (χ0v) is 17.0. The predicted molar refractivity (Wildman–Crippen MR) is 115 cm³/mol. The van der Waals surface area contributed by atoms with Gasteiger partial charge in [0.25, 0.3) is 5.56 Å². The molecule has 0 bridgehead atoms. The highest BCUT2D eigenvalue weighted by Gasteiger charge is 2.15. The Morgan fingerprint density at radius 3 is 2.53 bits per heavy atom. The first kappa shape index (κ1) is 19.5. The maximum atomic E-state index is 12.9. The summed E-state index contributed by atoms with van der Waals surface area (Å²) in [7, 11) is 3.11. The van der Waals surface area contributed by atoms with Gasteiger partial charge in [0.2, 0.25) is 5.91 Å². The molecule has 0 aliphatic heterocycles. The lowest BCUT2D eigenvalue weighted by molar-refractivity contribution is -0.116. The molecule has 2 aromatic carbocycles. The van der Waals surface area contributed by atoms with Gasteiger partial charge in [-0.15, -0.1) is 0 Å². The zero-order chi connectivity index (χ0) is 21.3. The number of aryl methyl sites for hydroxylation is 2. The SMILES string of the molecule is COc1cc2[nH]c3c(=O)n(CCC(=O)Nc4ccc(C)cc4)cnc3c2cc1OC. The number of benzene rings is 2. The van der Waals surface area contributed by atoms with Gasteiger partial charge in [0, 0.05) is 30.1 Å². The van der Waals surface area contributed by atoms with E-state index < -0.39 is 0 Å². The average Bonchev–Trinajstić information content (AvgIpc) is 3.12. The minimum atomic E-state index is -0.239. The van der Waals surface area contributed by atoms with Gasteiger partial charge in [-0.1, -0.05) is 17.7 Å². The van der Waals surface area contributed by atoms with Crippen molar-refractivity contribution in [1.29, 1.82) is 0 Å². The number of ether oxygens (including phenoxy) is 2. The van der Waals surface area contributed by atoms with E-state index in [0.717, 1.165) is 22.2 Å². The fraction of sp³-hybridized carbons (Fsp3) is 0.227. The molecule has 4 rings (SSSR count). The van der Waals surface area contributed by atoms with Crippen LogP contribution in [0.2, 0.25) is 0 Å². The van der Waals surface area contributed by atoms with Gasteiger partial charge in [-0.25, -0.2) is 4.98 Å². The van der Waals surface area contributed by atoms with E-state index in [1.807, 2.05) is 31.2 Å². The molecule has 2 aromatic heterocycles. The second-order valence-corrected chi connectivity index (χ2v) is 7.01. The van der Waals surface area contributed by atoms with Crippen LogP contribution < -0.4 is 20.3 Å². The number of anilines is 1. The first-order valence-electron chi connectivity index (χ1n) is 9.49. The molecule has 30 heavy (non-hydrogen) atoms. The Bertz CT molecular complexity index is 1290. The lowest BCUT2D eigenvalue weighted by atomic mass is 10.2. The molecule has 0 atom stereocenters. The van der Waals surface area contributed by atoms with Crippen LogP contribution in [0.1, 0.15) is 12.0 Å². The van der Waals surface area contributed by atoms with Crippen LogP contribution >= 0.6 is 0 Å². The van der Waals surface area contributed by atoms with Gasteiger partial charge in [0.15, 0.2) is 11.5 Å². The van der Waals surface area contributed by atoms with Crippen LogP contribution in [0.25, 0.3) is 21.9 Å². The number of aromatic nitrogens is 3. The molecule has 0 fully saturated rings. The minimum Gasteiger partial charge on any atom is -0.493 e. The second-order valence-electron chi connectivity index (χ2n) is 7.01. The van der Waals surface area contributed by atoms with Crippen molar-refractivity contribution >= 4 is 33.5 Å². The summed E-state index contributed by atoms with van der Waals surface area (Å²) in [4.78, 5) is 32.7. The van der Waals surface area contributed by atoms with E-state index in [0.29, 0.717) is 22.5 Å². The number of carbonyl (C=O) groups is 1. The van der Waals surface area contributed by atoms with Crippen LogP contribution in [0.15, 0.2) is 47.5 Å². The highest BCUT2D eigenvalue weighted by molar-refractivity contribution is 6.05. The molecule has 8 nitrogen and oxygen atoms in total. The molecule has 0 unspecified atom stereocenters. The second kappa shape index (κ2) is 7.90. The van der Waals surface area contributed by atoms with Crippen molar-refractivity contribution in [1.82, 2.24) is 14.5 Å². The smallest absolute Gasteiger partial charge is 0.277 e. The van der Waals surface area contributed by atoms with Crippen LogP contribution in [0.5, 0.6) is 11.5 Å². The third-order valence-electron chi connectivity index (χ3n) is 4.99. The fourth-order valence-corrected chi connectivity index (χ4v) is 3.36. The van der Waals surface area contributed by atoms with Gasteiger partial charge >= 0.3 is 0 Å². The number of H-pyrrole nitrogens is 1. The van der Waals surface area contributed by atoms with Crippen LogP contribution in [-0.2, 0) is 11.3 Å². The molecule has 0 radical (unpaired) electrons. The molecule has 154 valence electrons. The van der Waals surface area contributed by atoms with Gasteiger partial charge in [0.1, 0.15) is 11.0 Å². The molecule has 0 aliphatic rings. The molecule has 0 saturated carbocycles. The highest BCUT2D eigenvalue weighted by Crippen LogP contribution is 2.34. The number of hydrogen-bond acceptors (Lipinski definition) is 5. The van der Waals surface area contributed by atoms with Crippen LogP contribution in [0.4, 0.5) is 5.69 Å². The Morgan fingerprint density at radius 2 is 1.83 bits per heavy atom. The lowest BCUT2D eigenvalue weighted by Crippen LogP contribution is -2.23. The largest absolute Gasteiger partial charge is 0.493 e. The summed E-state index contributed by atoms with van der Waals surface area (Å²) in [5, 5.41) is 3.60. The Morgan fingerprint density at radius 1 is 1.13 bits per heavy atom. The summed E-state index contributed by atoms with van der Waals surface area (Å²) in [5.74, 6) is 0.950. The van der Waals surface area contributed by atoms with Gasteiger partial charge in [-0.3, -0.25) is 14.2 Å². The van der Waals surface area contributed by atoms with Crippen molar-refractivity contribution in [3.63, 3.8) is 0 Å². The normalized spacial score (nSPS) is 11.0. The van der Waals surface area contributed by atoms with Gasteiger partial charge < -0.3 is 19.8 Å². The molecule has 0 spiro atoms. The lowest BCUT2D eigenvalue weighted by Gasteiger charge is -2.07. The number of carbonyl (C=O) groups excluding carboxylic acids is 1. The number of rotatable bonds is 6. The van der Waals surface area contributed by atoms with E-state index in [9.17, 15) is 9.59 Å². The number of amides is 1. The molecule has 0 aliphatic carbocycles. The first-order chi connectivity index (χ1) is 14.5.